The number of likely N-dealkylation sites (tertiary alicyclic amines) is 1. The zero-order chi connectivity index (χ0) is 23.9. The molecule has 8 heteroatoms. The van der Waals surface area contributed by atoms with Crippen LogP contribution in [-0.2, 0) is 0 Å². The van der Waals surface area contributed by atoms with E-state index in [1.54, 1.807) is 16.0 Å². The second-order valence-corrected chi connectivity index (χ2v) is 9.93. The number of rotatable bonds is 4. The number of para-hydroxylation sites is 2. The number of hydrogen-bond donors (Lipinski definition) is 1. The summed E-state index contributed by atoms with van der Waals surface area (Å²) in [6.45, 7) is 3.21. The van der Waals surface area contributed by atoms with E-state index in [-0.39, 0.29) is 17.6 Å². The molecule has 1 saturated heterocycles. The van der Waals surface area contributed by atoms with Gasteiger partial charge in [0.25, 0.3) is 5.91 Å². The molecule has 0 atom stereocenters. The maximum absolute atomic E-state index is 13.7. The fraction of sp³-hybridized carbons (Fsp3) is 0.222. The first-order chi connectivity index (χ1) is 17.1. The monoisotopic (exact) mass is 483 g/mol. The highest BCUT2D eigenvalue weighted by molar-refractivity contribution is 7.13. The average molecular weight is 484 g/mol. The van der Waals surface area contributed by atoms with Crippen molar-refractivity contribution >= 4 is 28.3 Å². The van der Waals surface area contributed by atoms with Crippen LogP contribution in [0.25, 0.3) is 27.3 Å². The van der Waals surface area contributed by atoms with Crippen molar-refractivity contribution in [3.8, 4) is 16.3 Å². The van der Waals surface area contributed by atoms with Crippen LogP contribution in [0.5, 0.6) is 0 Å². The van der Waals surface area contributed by atoms with Crippen LogP contribution in [-0.4, -0.2) is 43.2 Å². The number of benzene rings is 2. The number of piperidine rings is 1. The maximum Gasteiger partial charge on any atom is 0.326 e. The Morgan fingerprint density at radius 3 is 2.54 bits per heavy atom. The van der Waals surface area contributed by atoms with Gasteiger partial charge in [-0.05, 0) is 61.5 Å². The molecular formula is C27H25N5O2S. The van der Waals surface area contributed by atoms with Gasteiger partial charge in [-0.2, -0.15) is 5.10 Å². The smallest absolute Gasteiger partial charge is 0.326 e. The van der Waals surface area contributed by atoms with Crippen molar-refractivity contribution < 1.29 is 4.79 Å². The number of imidazole rings is 1. The fourth-order valence-electron chi connectivity index (χ4n) is 4.89. The molecular weight excluding hydrogens is 458 g/mol. The first-order valence-electron chi connectivity index (χ1n) is 11.8. The predicted molar refractivity (Wildman–Crippen MR) is 138 cm³/mol. The molecule has 1 aliphatic heterocycles. The molecule has 35 heavy (non-hydrogen) atoms. The highest BCUT2D eigenvalue weighted by Crippen LogP contribution is 2.29. The Balaban J connectivity index is 1.28. The van der Waals surface area contributed by atoms with Gasteiger partial charge in [-0.3, -0.25) is 9.36 Å². The number of aromatic amines is 1. The number of fused-ring (bicyclic) bond motifs is 1. The number of aryl methyl sites for hydroxylation is 1. The zero-order valence-electron chi connectivity index (χ0n) is 19.3. The minimum Gasteiger partial charge on any atom is -0.337 e. The number of carbonyl (C=O) groups excluding carboxylic acids is 1. The molecule has 2 aromatic carbocycles. The van der Waals surface area contributed by atoms with Gasteiger partial charge in [0, 0.05) is 19.1 Å². The summed E-state index contributed by atoms with van der Waals surface area (Å²) in [4.78, 5) is 32.2. The third kappa shape index (κ3) is 3.89. The second-order valence-electron chi connectivity index (χ2n) is 8.98. The summed E-state index contributed by atoms with van der Waals surface area (Å²) in [5.74, 6) is -0.0365. The molecule has 0 aliphatic carbocycles. The van der Waals surface area contributed by atoms with E-state index in [4.69, 9.17) is 5.10 Å². The zero-order valence-corrected chi connectivity index (χ0v) is 20.2. The number of H-pyrrole nitrogens is 1. The molecule has 7 nitrogen and oxygen atoms in total. The number of hydrogen-bond acceptors (Lipinski definition) is 4. The fourth-order valence-corrected chi connectivity index (χ4v) is 5.57. The standard InChI is InChI=1S/C27H25N5O2S/c1-18-8-10-20(11-9-18)32-24(17-22(29-32)25-7-4-16-35-25)26(33)30-14-12-19(13-15-30)31-23-6-3-2-5-21(23)28-27(31)34/h2-11,16-17,19H,12-15H2,1H3,(H,28,34). The summed E-state index contributed by atoms with van der Waals surface area (Å²) in [6.07, 6.45) is 1.45. The largest absolute Gasteiger partial charge is 0.337 e. The predicted octanol–water partition coefficient (Wildman–Crippen LogP) is 5.03. The van der Waals surface area contributed by atoms with Crippen molar-refractivity contribution in [2.45, 2.75) is 25.8 Å². The number of thiophene rings is 1. The first kappa shape index (κ1) is 21.6. The SMILES string of the molecule is Cc1ccc(-n2nc(-c3cccs3)cc2C(=O)N2CCC(n3c(=O)[nH]c4ccccc43)CC2)cc1. The number of amides is 1. The lowest BCUT2D eigenvalue weighted by atomic mass is 10.0. The Morgan fingerprint density at radius 1 is 1.03 bits per heavy atom. The van der Waals surface area contributed by atoms with Gasteiger partial charge in [-0.15, -0.1) is 11.3 Å². The van der Waals surface area contributed by atoms with Crippen LogP contribution in [0.3, 0.4) is 0 Å². The van der Waals surface area contributed by atoms with Crippen LogP contribution >= 0.6 is 11.3 Å². The Hall–Kier alpha value is -3.91. The van der Waals surface area contributed by atoms with Gasteiger partial charge in [-0.25, -0.2) is 9.48 Å². The van der Waals surface area contributed by atoms with E-state index in [1.807, 2.05) is 88.5 Å². The Labute approximate surface area is 206 Å². The number of aromatic nitrogens is 4. The Morgan fingerprint density at radius 2 is 1.80 bits per heavy atom. The highest BCUT2D eigenvalue weighted by atomic mass is 32.1. The summed E-state index contributed by atoms with van der Waals surface area (Å²) in [7, 11) is 0. The molecule has 176 valence electrons. The van der Waals surface area contributed by atoms with Gasteiger partial charge in [-0.1, -0.05) is 35.9 Å². The molecule has 0 spiro atoms. The molecule has 5 aromatic rings. The van der Waals surface area contributed by atoms with E-state index >= 15 is 0 Å². The van der Waals surface area contributed by atoms with Crippen LogP contribution in [0.2, 0.25) is 0 Å². The van der Waals surface area contributed by atoms with E-state index in [9.17, 15) is 9.59 Å². The van der Waals surface area contributed by atoms with Crippen molar-refractivity contribution in [3.05, 3.63) is 93.9 Å². The van der Waals surface area contributed by atoms with Crippen LogP contribution in [0, 0.1) is 6.92 Å². The molecule has 1 N–H and O–H groups in total. The van der Waals surface area contributed by atoms with Crippen molar-refractivity contribution in [1.29, 1.82) is 0 Å². The topological polar surface area (TPSA) is 75.9 Å². The number of carbonyl (C=O) groups is 1. The summed E-state index contributed by atoms with van der Waals surface area (Å²) in [5, 5.41) is 6.81. The van der Waals surface area contributed by atoms with Crippen LogP contribution in [0.1, 0.15) is 34.9 Å². The van der Waals surface area contributed by atoms with Crippen molar-refractivity contribution in [2.75, 3.05) is 13.1 Å². The lowest BCUT2D eigenvalue weighted by Crippen LogP contribution is -2.41. The molecule has 0 radical (unpaired) electrons. The normalized spacial score (nSPS) is 14.6. The highest BCUT2D eigenvalue weighted by Gasteiger charge is 2.29. The first-order valence-corrected chi connectivity index (χ1v) is 12.7. The minimum absolute atomic E-state index is 0.0365. The van der Waals surface area contributed by atoms with Crippen LogP contribution in [0.15, 0.2) is 76.9 Å². The Bertz CT molecular complexity index is 1550. The van der Waals surface area contributed by atoms with Gasteiger partial charge in [0.15, 0.2) is 0 Å². The molecule has 0 unspecified atom stereocenters. The minimum atomic E-state index is -0.0889. The molecule has 6 rings (SSSR count). The lowest BCUT2D eigenvalue weighted by Gasteiger charge is -2.32. The van der Waals surface area contributed by atoms with Gasteiger partial charge in [0.05, 0.1) is 21.6 Å². The van der Waals surface area contributed by atoms with E-state index in [2.05, 4.69) is 4.98 Å². The average Bonchev–Trinajstić information content (AvgIpc) is 3.62. The van der Waals surface area contributed by atoms with Crippen molar-refractivity contribution in [2.24, 2.45) is 0 Å². The molecule has 4 heterocycles. The summed E-state index contributed by atoms with van der Waals surface area (Å²) in [5.41, 5.74) is 5.04. The van der Waals surface area contributed by atoms with Crippen LogP contribution in [0.4, 0.5) is 0 Å². The van der Waals surface area contributed by atoms with Gasteiger partial charge in [0.2, 0.25) is 0 Å². The summed E-state index contributed by atoms with van der Waals surface area (Å²) >= 11 is 1.61. The van der Waals surface area contributed by atoms with Crippen molar-refractivity contribution in [1.82, 2.24) is 24.2 Å². The maximum atomic E-state index is 13.7. The van der Waals surface area contributed by atoms with Gasteiger partial charge in [0.1, 0.15) is 11.4 Å². The third-order valence-corrected chi connectivity index (χ3v) is 7.61. The molecule has 3 aromatic heterocycles. The molecule has 1 amide bonds. The quantitative estimate of drug-likeness (QED) is 0.390. The van der Waals surface area contributed by atoms with E-state index in [0.29, 0.717) is 18.8 Å². The Kier molecular flexibility index (Phi) is 5.37. The number of nitrogens with zero attached hydrogens (tertiary/aromatic N) is 4. The van der Waals surface area contributed by atoms with Gasteiger partial charge >= 0.3 is 5.69 Å². The third-order valence-electron chi connectivity index (χ3n) is 6.72. The summed E-state index contributed by atoms with van der Waals surface area (Å²) < 4.78 is 3.61. The number of nitrogens with one attached hydrogen (secondary N) is 1. The summed E-state index contributed by atoms with van der Waals surface area (Å²) in [6, 6.07) is 21.8. The molecule has 1 fully saturated rings. The molecule has 0 bridgehead atoms. The molecule has 1 aliphatic rings. The second kappa shape index (κ2) is 8.70. The van der Waals surface area contributed by atoms with Gasteiger partial charge < -0.3 is 9.88 Å². The van der Waals surface area contributed by atoms with E-state index in [0.717, 1.165) is 45.7 Å². The lowest BCUT2D eigenvalue weighted by molar-refractivity contribution is 0.0685. The van der Waals surface area contributed by atoms with Crippen LogP contribution < -0.4 is 5.69 Å². The molecule has 0 saturated carbocycles. The van der Waals surface area contributed by atoms with E-state index < -0.39 is 0 Å². The van der Waals surface area contributed by atoms with Crippen molar-refractivity contribution in [3.63, 3.8) is 0 Å². The van der Waals surface area contributed by atoms with E-state index in [1.165, 1.54) is 0 Å².